The van der Waals surface area contributed by atoms with Gasteiger partial charge in [0.05, 0.1) is 25.8 Å². The van der Waals surface area contributed by atoms with Gasteiger partial charge in [0, 0.05) is 51.0 Å². The number of benzene rings is 2. The predicted molar refractivity (Wildman–Crippen MR) is 148 cm³/mol. The summed E-state index contributed by atoms with van der Waals surface area (Å²) in [6.45, 7) is 7.77. The summed E-state index contributed by atoms with van der Waals surface area (Å²) < 4.78 is 10.8. The average Bonchev–Trinajstić information content (AvgIpc) is 3.13. The highest BCUT2D eigenvalue weighted by molar-refractivity contribution is 7.80. The maximum atomic E-state index is 13.7. The second kappa shape index (κ2) is 12.4. The average molecular weight is 526 g/mol. The molecule has 4 rings (SSSR count). The van der Waals surface area contributed by atoms with Crippen LogP contribution >= 0.6 is 12.2 Å². The van der Waals surface area contributed by atoms with Gasteiger partial charge in [-0.3, -0.25) is 19.4 Å². The number of amides is 2. The van der Waals surface area contributed by atoms with Crippen LogP contribution in [0.15, 0.2) is 48.5 Å². The monoisotopic (exact) mass is 525 g/mol. The van der Waals surface area contributed by atoms with Crippen LogP contribution in [0.1, 0.15) is 13.3 Å². The number of rotatable bonds is 10. The quantitative estimate of drug-likeness (QED) is 0.475. The van der Waals surface area contributed by atoms with Gasteiger partial charge in [-0.15, -0.1) is 0 Å². The number of anilines is 2. The highest BCUT2D eigenvalue weighted by Gasteiger charge is 2.44. The number of thiocarbonyl (C=S) groups is 1. The van der Waals surface area contributed by atoms with Gasteiger partial charge in [0.15, 0.2) is 5.11 Å². The number of piperazine rings is 1. The zero-order chi connectivity index (χ0) is 26.4. The first-order valence-electron chi connectivity index (χ1n) is 12.6. The van der Waals surface area contributed by atoms with Gasteiger partial charge in [-0.25, -0.2) is 0 Å². The van der Waals surface area contributed by atoms with Crippen molar-refractivity contribution in [2.45, 2.75) is 19.4 Å². The zero-order valence-corrected chi connectivity index (χ0v) is 22.5. The molecule has 0 unspecified atom stereocenters. The Morgan fingerprint density at radius 1 is 1.05 bits per heavy atom. The number of nitrogens with zero attached hydrogens (tertiary/aromatic N) is 4. The highest BCUT2D eigenvalue weighted by Crippen LogP contribution is 2.30. The molecule has 0 aromatic heterocycles. The number of carbonyl (C=O) groups excluding carboxylic acids is 2. The fourth-order valence-electron chi connectivity index (χ4n) is 4.58. The van der Waals surface area contributed by atoms with E-state index >= 15 is 0 Å². The van der Waals surface area contributed by atoms with Crippen LogP contribution in [0.2, 0.25) is 0 Å². The lowest BCUT2D eigenvalue weighted by atomic mass is 10.1. The summed E-state index contributed by atoms with van der Waals surface area (Å²) in [5, 5.41) is 3.31. The molecule has 0 radical (unpaired) electrons. The summed E-state index contributed by atoms with van der Waals surface area (Å²) in [6.07, 6.45) is -0.00457. The van der Waals surface area contributed by atoms with Crippen LogP contribution in [0, 0.1) is 0 Å². The molecule has 0 bridgehead atoms. The van der Waals surface area contributed by atoms with E-state index in [0.717, 1.165) is 38.5 Å². The third-order valence-electron chi connectivity index (χ3n) is 6.71. The van der Waals surface area contributed by atoms with Gasteiger partial charge in [-0.05, 0) is 62.6 Å². The lowest BCUT2D eigenvalue weighted by Gasteiger charge is -2.34. The van der Waals surface area contributed by atoms with E-state index in [2.05, 4.69) is 22.2 Å². The van der Waals surface area contributed by atoms with E-state index < -0.39 is 6.04 Å². The maximum absolute atomic E-state index is 13.7. The Bertz CT molecular complexity index is 1100. The summed E-state index contributed by atoms with van der Waals surface area (Å²) in [7, 11) is 3.70. The van der Waals surface area contributed by atoms with E-state index in [1.807, 2.05) is 42.2 Å². The molecule has 37 heavy (non-hydrogen) atoms. The smallest absolute Gasteiger partial charge is 0.256 e. The number of likely N-dealkylation sites (N-methyl/N-ethyl adjacent to an activating group) is 1. The van der Waals surface area contributed by atoms with Crippen LogP contribution in [0.5, 0.6) is 11.5 Å². The summed E-state index contributed by atoms with van der Waals surface area (Å²) in [6, 6.07) is 13.8. The van der Waals surface area contributed by atoms with Crippen LogP contribution in [-0.2, 0) is 9.59 Å². The summed E-state index contributed by atoms with van der Waals surface area (Å²) in [4.78, 5) is 34.8. The van der Waals surface area contributed by atoms with E-state index in [-0.39, 0.29) is 18.2 Å². The molecule has 2 heterocycles. The van der Waals surface area contributed by atoms with Gasteiger partial charge < -0.3 is 24.6 Å². The van der Waals surface area contributed by atoms with E-state index in [1.165, 1.54) is 4.90 Å². The van der Waals surface area contributed by atoms with Crippen LogP contribution in [0.3, 0.4) is 0 Å². The number of methoxy groups -OCH3 is 1. The molecule has 2 saturated heterocycles. The van der Waals surface area contributed by atoms with Crippen LogP contribution in [0.4, 0.5) is 11.4 Å². The number of hydrogen-bond donors (Lipinski definition) is 1. The van der Waals surface area contributed by atoms with E-state index in [1.54, 1.807) is 25.3 Å². The SMILES string of the molecule is CCOc1ccc(NC(=O)C[C@H]2C(=O)N(c3cccc(OC)c3)C(=S)N2CCN2CCN(C)CC2)cc1. The molecule has 2 aromatic carbocycles. The number of carbonyl (C=O) groups is 2. The Hall–Kier alpha value is -3.21. The third kappa shape index (κ3) is 6.57. The van der Waals surface area contributed by atoms with Crippen LogP contribution in [-0.4, -0.2) is 97.7 Å². The molecule has 198 valence electrons. The van der Waals surface area contributed by atoms with Crippen LogP contribution in [0.25, 0.3) is 0 Å². The second-order valence-electron chi connectivity index (χ2n) is 9.22. The van der Waals surface area contributed by atoms with Crippen molar-refractivity contribution in [1.29, 1.82) is 0 Å². The molecule has 2 amide bonds. The van der Waals surface area contributed by atoms with Crippen molar-refractivity contribution >= 4 is 40.5 Å². The fraction of sp³-hybridized carbons (Fsp3) is 0.444. The van der Waals surface area contributed by atoms with Crippen molar-refractivity contribution in [2.75, 3.05) is 70.2 Å². The predicted octanol–water partition coefficient (Wildman–Crippen LogP) is 2.67. The fourth-order valence-corrected chi connectivity index (χ4v) is 5.00. The minimum absolute atomic E-state index is 0.00457. The number of ether oxygens (including phenoxy) is 2. The van der Waals surface area contributed by atoms with E-state index in [0.29, 0.717) is 35.4 Å². The molecule has 0 spiro atoms. The Kier molecular flexibility index (Phi) is 8.96. The topological polar surface area (TPSA) is 77.6 Å². The first-order chi connectivity index (χ1) is 17.9. The summed E-state index contributed by atoms with van der Waals surface area (Å²) >= 11 is 5.80. The minimum Gasteiger partial charge on any atom is -0.497 e. The number of hydrogen-bond acceptors (Lipinski definition) is 7. The molecule has 0 saturated carbocycles. The second-order valence-corrected chi connectivity index (χ2v) is 9.59. The van der Waals surface area contributed by atoms with E-state index in [9.17, 15) is 9.59 Å². The highest BCUT2D eigenvalue weighted by atomic mass is 32.1. The van der Waals surface area contributed by atoms with Crippen molar-refractivity contribution < 1.29 is 19.1 Å². The normalized spacial score (nSPS) is 18.8. The lowest BCUT2D eigenvalue weighted by Crippen LogP contribution is -2.48. The molecular weight excluding hydrogens is 490 g/mol. The van der Waals surface area contributed by atoms with Gasteiger partial charge >= 0.3 is 0 Å². The van der Waals surface area contributed by atoms with Crippen molar-refractivity contribution in [3.8, 4) is 11.5 Å². The minimum atomic E-state index is -0.686. The molecule has 1 N–H and O–H groups in total. The molecular formula is C27H35N5O4S. The Morgan fingerprint density at radius 3 is 2.46 bits per heavy atom. The van der Waals surface area contributed by atoms with Crippen LogP contribution < -0.4 is 19.7 Å². The summed E-state index contributed by atoms with van der Waals surface area (Å²) in [5.41, 5.74) is 1.28. The van der Waals surface area contributed by atoms with Crippen molar-refractivity contribution in [3.05, 3.63) is 48.5 Å². The first kappa shape index (κ1) is 26.8. The molecule has 9 nitrogen and oxygen atoms in total. The largest absolute Gasteiger partial charge is 0.497 e. The van der Waals surface area contributed by atoms with Gasteiger partial charge in [0.1, 0.15) is 17.5 Å². The number of nitrogens with one attached hydrogen (secondary N) is 1. The molecule has 2 aromatic rings. The molecule has 2 aliphatic rings. The molecule has 10 heteroatoms. The van der Waals surface area contributed by atoms with Gasteiger partial charge in [0.25, 0.3) is 5.91 Å². The molecule has 1 atom stereocenters. The summed E-state index contributed by atoms with van der Waals surface area (Å²) in [5.74, 6) is 0.912. The Balaban J connectivity index is 1.49. The zero-order valence-electron chi connectivity index (χ0n) is 21.7. The van der Waals surface area contributed by atoms with E-state index in [4.69, 9.17) is 21.7 Å². The maximum Gasteiger partial charge on any atom is 0.256 e. The third-order valence-corrected chi connectivity index (χ3v) is 7.13. The first-order valence-corrected chi connectivity index (χ1v) is 13.0. The molecule has 2 aliphatic heterocycles. The van der Waals surface area contributed by atoms with Crippen molar-refractivity contribution in [1.82, 2.24) is 14.7 Å². The van der Waals surface area contributed by atoms with Gasteiger partial charge in [-0.1, -0.05) is 6.07 Å². The Labute approximate surface area is 223 Å². The van der Waals surface area contributed by atoms with Gasteiger partial charge in [-0.2, -0.15) is 0 Å². The molecule has 0 aliphatic carbocycles. The standard InChI is InChI=1S/C27H35N5O4S/c1-4-36-22-10-8-20(9-11-22)28-25(33)19-24-26(34)32(21-6-5-7-23(18-21)35-3)27(37)31(24)17-16-30-14-12-29(2)13-15-30/h5-11,18,24H,4,12-17,19H2,1-3H3,(H,28,33)/t24-/m0/s1. The van der Waals surface area contributed by atoms with Crippen molar-refractivity contribution in [2.24, 2.45) is 0 Å². The Morgan fingerprint density at radius 2 is 1.78 bits per heavy atom. The lowest BCUT2D eigenvalue weighted by molar-refractivity contribution is -0.124. The molecule has 2 fully saturated rings. The van der Waals surface area contributed by atoms with Gasteiger partial charge in [0.2, 0.25) is 5.91 Å². The van der Waals surface area contributed by atoms with Crippen molar-refractivity contribution in [3.63, 3.8) is 0 Å².